The Balaban J connectivity index is 2.11. The number of anilines is 1. The van der Waals surface area contributed by atoms with E-state index in [0.717, 1.165) is 17.0 Å². The van der Waals surface area contributed by atoms with E-state index in [1.54, 1.807) is 0 Å². The Morgan fingerprint density at radius 1 is 1.14 bits per heavy atom. The largest absolute Gasteiger partial charge is 0.335 e. The topological polar surface area (TPSA) is 66.5 Å². The quantitative estimate of drug-likeness (QED) is 0.805. The average molecular weight is 331 g/mol. The molecular weight excluding hydrogens is 322 g/mol. The van der Waals surface area contributed by atoms with Crippen LogP contribution in [0.1, 0.15) is 19.3 Å². The molecule has 2 fully saturated rings. The number of nitrogens with zero attached hydrogens (tertiary/aromatic N) is 1. The molecule has 0 bridgehead atoms. The highest BCUT2D eigenvalue weighted by atomic mass is 35.5. The van der Waals surface area contributed by atoms with Crippen LogP contribution in [0.4, 0.5) is 14.9 Å². The molecule has 110 valence electrons. The predicted molar refractivity (Wildman–Crippen MR) is 73.7 cm³/mol. The molecule has 1 saturated heterocycles. The maximum absolute atomic E-state index is 13.2. The van der Waals surface area contributed by atoms with Crippen molar-refractivity contribution in [3.63, 3.8) is 0 Å². The summed E-state index contributed by atoms with van der Waals surface area (Å²) < 4.78 is 13.2. The fourth-order valence-corrected chi connectivity index (χ4v) is 3.23. The molecule has 1 spiro atoms. The summed E-state index contributed by atoms with van der Waals surface area (Å²) >= 11 is 11.8. The summed E-state index contributed by atoms with van der Waals surface area (Å²) in [6.45, 7) is 0. The summed E-state index contributed by atoms with van der Waals surface area (Å²) in [5.41, 5.74) is -1.35. The lowest BCUT2D eigenvalue weighted by atomic mass is 9.66. The zero-order valence-corrected chi connectivity index (χ0v) is 12.1. The van der Waals surface area contributed by atoms with E-state index < -0.39 is 29.1 Å². The monoisotopic (exact) mass is 330 g/mol. The number of barbiturate groups is 1. The summed E-state index contributed by atoms with van der Waals surface area (Å²) in [4.78, 5) is 37.2. The van der Waals surface area contributed by atoms with Crippen molar-refractivity contribution in [2.75, 3.05) is 4.90 Å². The van der Waals surface area contributed by atoms with Crippen LogP contribution in [-0.4, -0.2) is 17.8 Å². The highest BCUT2D eigenvalue weighted by Gasteiger charge is 2.58. The molecule has 0 atom stereocenters. The normalized spacial score (nSPS) is 20.5. The molecule has 1 N–H and O–H groups in total. The van der Waals surface area contributed by atoms with Crippen molar-refractivity contribution in [3.05, 3.63) is 28.0 Å². The summed E-state index contributed by atoms with van der Waals surface area (Å²) in [6, 6.07) is 0.971. The first-order chi connectivity index (χ1) is 9.86. The average Bonchev–Trinajstić information content (AvgIpc) is 2.29. The van der Waals surface area contributed by atoms with Crippen LogP contribution in [0.5, 0.6) is 0 Å². The molecule has 5 nitrogen and oxygen atoms in total. The molecule has 1 aromatic carbocycles. The van der Waals surface area contributed by atoms with Crippen molar-refractivity contribution < 1.29 is 18.8 Å². The number of hydrogen-bond donors (Lipinski definition) is 1. The molecule has 1 aromatic rings. The van der Waals surface area contributed by atoms with Gasteiger partial charge in [0.1, 0.15) is 11.2 Å². The minimum atomic E-state index is -1.24. The molecule has 1 aliphatic heterocycles. The lowest BCUT2D eigenvalue weighted by molar-refractivity contribution is -0.148. The molecule has 0 aromatic heterocycles. The molecule has 21 heavy (non-hydrogen) atoms. The van der Waals surface area contributed by atoms with Gasteiger partial charge in [-0.05, 0) is 25.0 Å². The summed E-state index contributed by atoms with van der Waals surface area (Å²) in [7, 11) is 0. The van der Waals surface area contributed by atoms with Gasteiger partial charge in [-0.1, -0.05) is 29.6 Å². The molecule has 3 rings (SSSR count). The minimum absolute atomic E-state index is 0.110. The van der Waals surface area contributed by atoms with Gasteiger partial charge in [-0.25, -0.2) is 14.1 Å². The molecule has 0 unspecified atom stereocenters. The first kappa shape index (κ1) is 14.3. The van der Waals surface area contributed by atoms with Gasteiger partial charge in [-0.15, -0.1) is 0 Å². The number of carbonyl (C=O) groups is 3. The van der Waals surface area contributed by atoms with E-state index in [1.807, 2.05) is 0 Å². The van der Waals surface area contributed by atoms with E-state index in [1.165, 1.54) is 0 Å². The molecule has 1 saturated carbocycles. The second-order valence-corrected chi connectivity index (χ2v) is 5.87. The second kappa shape index (κ2) is 4.68. The summed E-state index contributed by atoms with van der Waals surface area (Å²) in [5, 5.41) is 1.79. The van der Waals surface area contributed by atoms with Crippen LogP contribution < -0.4 is 10.2 Å². The van der Waals surface area contributed by atoms with E-state index in [-0.39, 0.29) is 15.7 Å². The van der Waals surface area contributed by atoms with E-state index in [0.29, 0.717) is 19.3 Å². The molecule has 0 radical (unpaired) electrons. The molecule has 1 heterocycles. The van der Waals surface area contributed by atoms with Crippen molar-refractivity contribution >= 4 is 46.7 Å². The maximum atomic E-state index is 13.2. The van der Waals surface area contributed by atoms with Crippen molar-refractivity contribution in [3.8, 4) is 0 Å². The Kier molecular flexibility index (Phi) is 3.18. The standard InChI is InChI=1S/C13H9Cl2FN2O3/c14-7-4-6(16)5-8(15)9(7)18-11(20)13(2-1-3-13)10(19)17-12(18)21/h4-5H,1-3H2,(H,17,19,21). The van der Waals surface area contributed by atoms with Crippen LogP contribution in [0, 0.1) is 11.2 Å². The molecule has 2 aliphatic rings. The Morgan fingerprint density at radius 3 is 2.19 bits per heavy atom. The molecule has 1 aliphatic carbocycles. The van der Waals surface area contributed by atoms with Gasteiger partial charge >= 0.3 is 6.03 Å². The number of rotatable bonds is 1. The zero-order chi connectivity index (χ0) is 15.4. The lowest BCUT2D eigenvalue weighted by Crippen LogP contribution is -2.66. The highest BCUT2D eigenvalue weighted by molar-refractivity contribution is 6.43. The maximum Gasteiger partial charge on any atom is 0.335 e. The number of nitrogens with one attached hydrogen (secondary N) is 1. The van der Waals surface area contributed by atoms with Crippen LogP contribution in [0.15, 0.2) is 12.1 Å². The number of carbonyl (C=O) groups excluding carboxylic acids is 3. The third kappa shape index (κ3) is 1.93. The lowest BCUT2D eigenvalue weighted by Gasteiger charge is -2.44. The molecular formula is C13H9Cl2FN2O3. The van der Waals surface area contributed by atoms with Gasteiger partial charge in [0.25, 0.3) is 5.91 Å². The number of hydrogen-bond acceptors (Lipinski definition) is 3. The van der Waals surface area contributed by atoms with Gasteiger partial charge in [-0.3, -0.25) is 14.9 Å². The number of imide groups is 2. The van der Waals surface area contributed by atoms with Crippen LogP contribution >= 0.6 is 23.2 Å². The van der Waals surface area contributed by atoms with Crippen molar-refractivity contribution in [1.82, 2.24) is 5.32 Å². The molecule has 8 heteroatoms. The van der Waals surface area contributed by atoms with E-state index >= 15 is 0 Å². The van der Waals surface area contributed by atoms with E-state index in [2.05, 4.69) is 5.32 Å². The van der Waals surface area contributed by atoms with Crippen LogP contribution in [-0.2, 0) is 9.59 Å². The Bertz CT molecular complexity index is 665. The smallest absolute Gasteiger partial charge is 0.276 e. The second-order valence-electron chi connectivity index (χ2n) is 5.05. The first-order valence-corrected chi connectivity index (χ1v) is 6.97. The van der Waals surface area contributed by atoms with Crippen LogP contribution in [0.2, 0.25) is 10.0 Å². The Morgan fingerprint density at radius 2 is 1.71 bits per heavy atom. The highest BCUT2D eigenvalue weighted by Crippen LogP contribution is 2.47. The SMILES string of the molecule is O=C1NC(=O)C2(CCC2)C(=O)N1c1c(Cl)cc(F)cc1Cl. The van der Waals surface area contributed by atoms with Gasteiger partial charge in [0.15, 0.2) is 0 Å². The van der Waals surface area contributed by atoms with Gasteiger partial charge in [-0.2, -0.15) is 0 Å². The van der Waals surface area contributed by atoms with Crippen LogP contribution in [0.3, 0.4) is 0 Å². The zero-order valence-electron chi connectivity index (χ0n) is 10.6. The molecule has 4 amide bonds. The van der Waals surface area contributed by atoms with Gasteiger partial charge in [0.2, 0.25) is 5.91 Å². The third-order valence-electron chi connectivity index (χ3n) is 3.88. The van der Waals surface area contributed by atoms with E-state index in [4.69, 9.17) is 23.2 Å². The van der Waals surface area contributed by atoms with Crippen molar-refractivity contribution in [1.29, 1.82) is 0 Å². The van der Waals surface area contributed by atoms with Gasteiger partial charge in [0.05, 0.1) is 15.7 Å². The fraction of sp³-hybridized carbons (Fsp3) is 0.308. The minimum Gasteiger partial charge on any atom is -0.276 e. The number of halogens is 3. The van der Waals surface area contributed by atoms with E-state index in [9.17, 15) is 18.8 Å². The van der Waals surface area contributed by atoms with Gasteiger partial charge in [0, 0.05) is 0 Å². The van der Waals surface area contributed by atoms with Crippen molar-refractivity contribution in [2.24, 2.45) is 5.41 Å². The van der Waals surface area contributed by atoms with Crippen LogP contribution in [0.25, 0.3) is 0 Å². The predicted octanol–water partition coefficient (Wildman–Crippen LogP) is 2.89. The Hall–Kier alpha value is -1.66. The number of benzene rings is 1. The summed E-state index contributed by atoms with van der Waals surface area (Å²) in [5.74, 6) is -1.96. The number of amides is 4. The fourth-order valence-electron chi connectivity index (χ4n) is 2.60. The van der Waals surface area contributed by atoms with Gasteiger partial charge < -0.3 is 0 Å². The third-order valence-corrected chi connectivity index (χ3v) is 4.46. The summed E-state index contributed by atoms with van der Waals surface area (Å²) in [6.07, 6.45) is 1.43. The van der Waals surface area contributed by atoms with Crippen molar-refractivity contribution in [2.45, 2.75) is 19.3 Å². The number of urea groups is 1. The first-order valence-electron chi connectivity index (χ1n) is 6.21. The Labute approximate surface area is 129 Å².